The lowest BCUT2D eigenvalue weighted by molar-refractivity contribution is -0.131. The average Bonchev–Trinajstić information content (AvgIpc) is 3.30. The van der Waals surface area contributed by atoms with Crippen LogP contribution in [0.3, 0.4) is 0 Å². The van der Waals surface area contributed by atoms with Crippen molar-refractivity contribution in [3.63, 3.8) is 0 Å². The van der Waals surface area contributed by atoms with Crippen LogP contribution in [-0.2, 0) is 22.6 Å². The van der Waals surface area contributed by atoms with Gasteiger partial charge < -0.3 is 24.7 Å². The molecule has 1 atom stereocenters. The van der Waals surface area contributed by atoms with Gasteiger partial charge in [-0.25, -0.2) is 4.98 Å². The van der Waals surface area contributed by atoms with E-state index in [4.69, 9.17) is 9.47 Å². The van der Waals surface area contributed by atoms with Crippen LogP contribution in [0.4, 0.5) is 0 Å². The van der Waals surface area contributed by atoms with Crippen molar-refractivity contribution in [1.29, 1.82) is 0 Å². The minimum absolute atomic E-state index is 0.0937. The molecule has 0 fully saturated rings. The molecule has 1 unspecified atom stereocenters. The van der Waals surface area contributed by atoms with Gasteiger partial charge in [-0.05, 0) is 30.2 Å². The standard InChI is InChI=1S/C28H30N4O4/c1-20(33)32(17-21-9-3-6-12-26(21)35-2)18-23(15-22-16-30-25-11-5-4-10-24(22)25)31-27(34)19-36-28-13-7-8-14-29-28/h3-14,16,23,30H,15,17-19H2,1-2H3,(H,31,34). The van der Waals surface area contributed by atoms with E-state index >= 15 is 0 Å². The van der Waals surface area contributed by atoms with Crippen LogP contribution in [-0.4, -0.2) is 53.0 Å². The zero-order valence-electron chi connectivity index (χ0n) is 20.4. The van der Waals surface area contributed by atoms with Crippen molar-refractivity contribution in [3.05, 3.63) is 90.3 Å². The highest BCUT2D eigenvalue weighted by Crippen LogP contribution is 2.22. The number of H-pyrrole nitrogens is 1. The number of carbonyl (C=O) groups excluding carboxylic acids is 2. The monoisotopic (exact) mass is 486 g/mol. The minimum atomic E-state index is -0.345. The molecule has 0 aliphatic rings. The van der Waals surface area contributed by atoms with Crippen molar-refractivity contribution in [2.75, 3.05) is 20.3 Å². The Morgan fingerprint density at radius 1 is 1.03 bits per heavy atom. The number of nitrogens with zero attached hydrogens (tertiary/aromatic N) is 2. The summed E-state index contributed by atoms with van der Waals surface area (Å²) >= 11 is 0. The number of pyridine rings is 1. The number of carbonyl (C=O) groups is 2. The van der Waals surface area contributed by atoms with Crippen LogP contribution in [0.2, 0.25) is 0 Å². The van der Waals surface area contributed by atoms with Gasteiger partial charge in [-0.1, -0.05) is 42.5 Å². The third-order valence-corrected chi connectivity index (χ3v) is 5.94. The van der Waals surface area contributed by atoms with E-state index in [9.17, 15) is 9.59 Å². The van der Waals surface area contributed by atoms with E-state index in [0.717, 1.165) is 22.0 Å². The fourth-order valence-electron chi connectivity index (χ4n) is 4.18. The lowest BCUT2D eigenvalue weighted by Crippen LogP contribution is -2.47. The predicted octanol–water partition coefficient (Wildman–Crippen LogP) is 3.73. The van der Waals surface area contributed by atoms with Gasteiger partial charge in [0.1, 0.15) is 5.75 Å². The SMILES string of the molecule is COc1ccccc1CN(CC(Cc1c[nH]c2ccccc12)NC(=O)COc1ccccn1)C(C)=O. The van der Waals surface area contributed by atoms with E-state index in [1.54, 1.807) is 36.4 Å². The summed E-state index contributed by atoms with van der Waals surface area (Å²) in [6.07, 6.45) is 4.09. The van der Waals surface area contributed by atoms with Gasteiger partial charge in [-0.2, -0.15) is 0 Å². The molecule has 36 heavy (non-hydrogen) atoms. The first-order chi connectivity index (χ1) is 17.5. The number of aromatic nitrogens is 2. The first-order valence-electron chi connectivity index (χ1n) is 11.8. The second-order valence-electron chi connectivity index (χ2n) is 8.50. The van der Waals surface area contributed by atoms with Crippen LogP contribution < -0.4 is 14.8 Å². The fraction of sp³-hybridized carbons (Fsp3) is 0.250. The molecule has 4 aromatic rings. The Bertz CT molecular complexity index is 1310. The van der Waals surface area contributed by atoms with Crippen LogP contribution in [0.1, 0.15) is 18.1 Å². The molecule has 0 aliphatic carbocycles. The molecule has 0 spiro atoms. The van der Waals surface area contributed by atoms with Crippen LogP contribution in [0.15, 0.2) is 79.1 Å². The van der Waals surface area contributed by atoms with Crippen molar-refractivity contribution >= 4 is 22.7 Å². The van der Waals surface area contributed by atoms with Gasteiger partial charge in [0.15, 0.2) is 6.61 Å². The second kappa shape index (κ2) is 11.9. The molecule has 0 saturated carbocycles. The molecule has 0 aliphatic heterocycles. The van der Waals surface area contributed by atoms with E-state index in [0.29, 0.717) is 31.1 Å². The normalized spacial score (nSPS) is 11.6. The van der Waals surface area contributed by atoms with Crippen molar-refractivity contribution in [3.8, 4) is 11.6 Å². The molecular formula is C28H30N4O4. The smallest absolute Gasteiger partial charge is 0.258 e. The van der Waals surface area contributed by atoms with Gasteiger partial charge in [-0.3, -0.25) is 9.59 Å². The number of aromatic amines is 1. The van der Waals surface area contributed by atoms with Gasteiger partial charge in [0.2, 0.25) is 11.8 Å². The summed E-state index contributed by atoms with van der Waals surface area (Å²) in [5, 5.41) is 4.14. The summed E-state index contributed by atoms with van der Waals surface area (Å²) in [6, 6.07) is 20.5. The molecule has 0 radical (unpaired) electrons. The molecule has 0 bridgehead atoms. The summed E-state index contributed by atoms with van der Waals surface area (Å²) in [6.45, 7) is 2.05. The van der Waals surface area contributed by atoms with Gasteiger partial charge >= 0.3 is 0 Å². The number of para-hydroxylation sites is 2. The molecule has 2 amide bonds. The fourth-order valence-corrected chi connectivity index (χ4v) is 4.18. The Labute approximate surface area is 210 Å². The highest BCUT2D eigenvalue weighted by Gasteiger charge is 2.22. The van der Waals surface area contributed by atoms with Crippen molar-refractivity contribution in [2.45, 2.75) is 25.9 Å². The van der Waals surface area contributed by atoms with E-state index in [1.807, 2.05) is 54.7 Å². The third-order valence-electron chi connectivity index (χ3n) is 5.94. The summed E-state index contributed by atoms with van der Waals surface area (Å²) in [7, 11) is 1.61. The maximum absolute atomic E-state index is 12.8. The molecule has 186 valence electrons. The maximum atomic E-state index is 12.8. The average molecular weight is 487 g/mol. The number of nitrogens with one attached hydrogen (secondary N) is 2. The van der Waals surface area contributed by atoms with Gasteiger partial charge in [0.25, 0.3) is 5.91 Å². The molecule has 2 heterocycles. The molecule has 2 aromatic carbocycles. The molecule has 8 heteroatoms. The zero-order chi connectivity index (χ0) is 25.3. The highest BCUT2D eigenvalue weighted by molar-refractivity contribution is 5.83. The van der Waals surface area contributed by atoms with Gasteiger partial charge in [-0.15, -0.1) is 0 Å². The van der Waals surface area contributed by atoms with E-state index < -0.39 is 0 Å². The molecule has 0 saturated heterocycles. The summed E-state index contributed by atoms with van der Waals surface area (Å²) in [4.78, 5) is 34.6. The Kier molecular flexibility index (Phi) is 8.18. The third kappa shape index (κ3) is 6.41. The van der Waals surface area contributed by atoms with Crippen molar-refractivity contribution in [2.24, 2.45) is 0 Å². The van der Waals surface area contributed by atoms with Crippen molar-refractivity contribution < 1.29 is 19.1 Å². The summed E-state index contributed by atoms with van der Waals surface area (Å²) in [5.74, 6) is 0.710. The molecule has 2 aromatic heterocycles. The van der Waals surface area contributed by atoms with Crippen LogP contribution in [0, 0.1) is 0 Å². The number of fused-ring (bicyclic) bond motifs is 1. The molecular weight excluding hydrogens is 456 g/mol. The van der Waals surface area contributed by atoms with E-state index in [1.165, 1.54) is 6.92 Å². The summed E-state index contributed by atoms with van der Waals surface area (Å²) < 4.78 is 11.0. The Hall–Kier alpha value is -4.33. The highest BCUT2D eigenvalue weighted by atomic mass is 16.5. The number of methoxy groups -OCH3 is 1. The van der Waals surface area contributed by atoms with Crippen LogP contribution in [0.25, 0.3) is 10.9 Å². The topological polar surface area (TPSA) is 96.6 Å². The lowest BCUT2D eigenvalue weighted by atomic mass is 10.0. The Morgan fingerprint density at radius 3 is 2.58 bits per heavy atom. The number of benzene rings is 2. The molecule has 2 N–H and O–H groups in total. The minimum Gasteiger partial charge on any atom is -0.496 e. The quantitative estimate of drug-likeness (QED) is 0.337. The lowest BCUT2D eigenvalue weighted by Gasteiger charge is -2.28. The van der Waals surface area contributed by atoms with Gasteiger partial charge in [0, 0.05) is 54.9 Å². The number of amides is 2. The van der Waals surface area contributed by atoms with E-state index in [2.05, 4.69) is 15.3 Å². The number of ether oxygens (including phenoxy) is 2. The first-order valence-corrected chi connectivity index (χ1v) is 11.8. The number of rotatable bonds is 11. The largest absolute Gasteiger partial charge is 0.496 e. The Morgan fingerprint density at radius 2 is 1.81 bits per heavy atom. The van der Waals surface area contributed by atoms with Crippen LogP contribution in [0.5, 0.6) is 11.6 Å². The second-order valence-corrected chi connectivity index (χ2v) is 8.50. The maximum Gasteiger partial charge on any atom is 0.258 e. The predicted molar refractivity (Wildman–Crippen MR) is 138 cm³/mol. The number of hydrogen-bond acceptors (Lipinski definition) is 5. The van der Waals surface area contributed by atoms with E-state index in [-0.39, 0.29) is 24.5 Å². The van der Waals surface area contributed by atoms with Crippen LogP contribution >= 0.6 is 0 Å². The zero-order valence-corrected chi connectivity index (χ0v) is 20.4. The number of hydrogen-bond donors (Lipinski definition) is 2. The van der Waals surface area contributed by atoms with Crippen molar-refractivity contribution in [1.82, 2.24) is 20.2 Å². The first kappa shape index (κ1) is 24.8. The van der Waals surface area contributed by atoms with Gasteiger partial charge in [0.05, 0.1) is 13.2 Å². The Balaban J connectivity index is 1.52. The molecule has 8 nitrogen and oxygen atoms in total. The summed E-state index contributed by atoms with van der Waals surface area (Å²) in [5.41, 5.74) is 2.97. The molecule has 4 rings (SSSR count).